The number of phenolic OH excluding ortho intramolecular Hbond substituents is 1. The molecule has 0 spiro atoms. The van der Waals surface area contributed by atoms with E-state index in [-0.39, 0.29) is 12.3 Å². The van der Waals surface area contributed by atoms with Gasteiger partial charge in [-0.15, -0.1) is 0 Å². The van der Waals surface area contributed by atoms with Crippen LogP contribution in [-0.4, -0.2) is 18.3 Å². The quantitative estimate of drug-likeness (QED) is 0.678. The summed E-state index contributed by atoms with van der Waals surface area (Å²) in [5.74, 6) is 0.401. The van der Waals surface area contributed by atoms with Gasteiger partial charge in [-0.25, -0.2) is 9.79 Å². The normalized spacial score (nSPS) is 9.53. The molecule has 1 aromatic rings. The average Bonchev–Trinajstić information content (AvgIpc) is 2.22. The first-order valence-corrected chi connectivity index (χ1v) is 4.99. The molecule has 0 aliphatic rings. The van der Waals surface area contributed by atoms with Crippen LogP contribution in [0.5, 0.6) is 11.5 Å². The first-order chi connectivity index (χ1) is 7.11. The predicted octanol–water partition coefficient (Wildman–Crippen LogP) is 2.31. The van der Waals surface area contributed by atoms with E-state index in [2.05, 4.69) is 20.9 Å². The second kappa shape index (κ2) is 4.96. The van der Waals surface area contributed by atoms with Gasteiger partial charge >= 0.3 is 0 Å². The second-order valence-corrected chi connectivity index (χ2v) is 3.79. The minimum Gasteiger partial charge on any atom is -0.504 e. The van der Waals surface area contributed by atoms with E-state index in [1.807, 2.05) is 6.92 Å². The molecule has 0 amide bonds. The van der Waals surface area contributed by atoms with Gasteiger partial charge in [0.1, 0.15) is 0 Å². The molecule has 0 aliphatic heterocycles. The molecule has 1 rings (SSSR count). The van der Waals surface area contributed by atoms with E-state index in [1.54, 1.807) is 6.07 Å². The third kappa shape index (κ3) is 2.37. The zero-order valence-electron chi connectivity index (χ0n) is 8.37. The SMILES string of the molecule is COc1c(C)c(Br)cc(CN=C=O)c1O. The summed E-state index contributed by atoms with van der Waals surface area (Å²) in [4.78, 5) is 13.4. The van der Waals surface area contributed by atoms with Gasteiger partial charge in [-0.1, -0.05) is 15.9 Å². The summed E-state index contributed by atoms with van der Waals surface area (Å²) in [6.45, 7) is 1.90. The second-order valence-electron chi connectivity index (χ2n) is 2.93. The van der Waals surface area contributed by atoms with Gasteiger partial charge in [-0.05, 0) is 13.0 Å². The number of carbonyl (C=O) groups excluding carboxylic acids is 1. The molecule has 0 radical (unpaired) electrons. The topological polar surface area (TPSA) is 58.9 Å². The van der Waals surface area contributed by atoms with Gasteiger partial charge in [0, 0.05) is 15.6 Å². The Balaban J connectivity index is 3.29. The van der Waals surface area contributed by atoms with Crippen LogP contribution in [0.1, 0.15) is 11.1 Å². The van der Waals surface area contributed by atoms with E-state index in [1.165, 1.54) is 13.2 Å². The molecule has 0 atom stereocenters. The maximum atomic E-state index is 9.98. The van der Waals surface area contributed by atoms with Crippen LogP contribution in [0.15, 0.2) is 15.5 Å². The predicted molar refractivity (Wildman–Crippen MR) is 58.9 cm³/mol. The van der Waals surface area contributed by atoms with Crippen molar-refractivity contribution in [1.29, 1.82) is 0 Å². The fourth-order valence-electron chi connectivity index (χ4n) is 1.25. The van der Waals surface area contributed by atoms with Gasteiger partial charge in [0.15, 0.2) is 11.5 Å². The number of benzene rings is 1. The maximum Gasteiger partial charge on any atom is 0.235 e. The van der Waals surface area contributed by atoms with Crippen LogP contribution in [0.2, 0.25) is 0 Å². The number of isocyanates is 1. The highest BCUT2D eigenvalue weighted by Crippen LogP contribution is 2.38. The molecule has 1 N–H and O–H groups in total. The Kier molecular flexibility index (Phi) is 3.88. The van der Waals surface area contributed by atoms with Crippen molar-refractivity contribution in [2.24, 2.45) is 4.99 Å². The van der Waals surface area contributed by atoms with Crippen LogP contribution in [0, 0.1) is 6.92 Å². The first-order valence-electron chi connectivity index (χ1n) is 4.20. The zero-order valence-corrected chi connectivity index (χ0v) is 9.96. The molecule has 0 bridgehead atoms. The van der Waals surface area contributed by atoms with Crippen molar-refractivity contribution in [2.75, 3.05) is 7.11 Å². The lowest BCUT2D eigenvalue weighted by Gasteiger charge is -2.11. The molecule has 0 aliphatic carbocycles. The van der Waals surface area contributed by atoms with Crippen LogP contribution in [0.3, 0.4) is 0 Å². The Hall–Kier alpha value is -1.32. The number of phenols is 1. The lowest BCUT2D eigenvalue weighted by atomic mass is 10.1. The molecule has 0 saturated carbocycles. The van der Waals surface area contributed by atoms with Gasteiger partial charge in [0.2, 0.25) is 6.08 Å². The van der Waals surface area contributed by atoms with E-state index >= 15 is 0 Å². The number of hydrogen-bond donors (Lipinski definition) is 1. The number of aromatic hydroxyl groups is 1. The molecular formula is C10H10BrNO3. The summed E-state index contributed by atoms with van der Waals surface area (Å²) in [5, 5.41) is 9.79. The Labute approximate surface area is 95.7 Å². The molecule has 0 aromatic heterocycles. The standard InChI is InChI=1S/C10H10BrNO3/c1-6-8(11)3-7(4-12-5-13)9(14)10(6)15-2/h3,14H,4H2,1-2H3. The van der Waals surface area contributed by atoms with Crippen LogP contribution >= 0.6 is 15.9 Å². The minimum absolute atomic E-state index is 0.0113. The Morgan fingerprint density at radius 3 is 2.87 bits per heavy atom. The lowest BCUT2D eigenvalue weighted by Crippen LogP contribution is -1.93. The van der Waals surface area contributed by atoms with Crippen LogP contribution < -0.4 is 4.74 Å². The van der Waals surface area contributed by atoms with Gasteiger partial charge in [-0.3, -0.25) is 0 Å². The van der Waals surface area contributed by atoms with Crippen molar-refractivity contribution in [2.45, 2.75) is 13.5 Å². The van der Waals surface area contributed by atoms with E-state index < -0.39 is 0 Å². The largest absolute Gasteiger partial charge is 0.504 e. The monoisotopic (exact) mass is 271 g/mol. The van der Waals surface area contributed by atoms with Crippen LogP contribution in [0.25, 0.3) is 0 Å². The summed E-state index contributed by atoms with van der Waals surface area (Å²) in [6, 6.07) is 1.70. The molecule has 0 heterocycles. The average molecular weight is 272 g/mol. The molecule has 5 heteroatoms. The molecule has 0 fully saturated rings. The van der Waals surface area contributed by atoms with E-state index in [0.717, 1.165) is 10.0 Å². The molecule has 0 saturated heterocycles. The van der Waals surface area contributed by atoms with E-state index in [0.29, 0.717) is 11.3 Å². The molecule has 15 heavy (non-hydrogen) atoms. The number of hydrogen-bond acceptors (Lipinski definition) is 4. The summed E-state index contributed by atoms with van der Waals surface area (Å²) in [7, 11) is 1.47. The molecule has 4 nitrogen and oxygen atoms in total. The number of halogens is 1. The lowest BCUT2D eigenvalue weighted by molar-refractivity contribution is 0.367. The van der Waals surface area contributed by atoms with Crippen LogP contribution in [0.4, 0.5) is 0 Å². The number of aliphatic imine (C=N–C) groups is 1. The Morgan fingerprint density at radius 1 is 1.67 bits per heavy atom. The fourth-order valence-corrected chi connectivity index (χ4v) is 1.71. The maximum absolute atomic E-state index is 9.98. The van der Waals surface area contributed by atoms with Crippen molar-refractivity contribution < 1.29 is 14.6 Å². The molecule has 0 unspecified atom stereocenters. The molecule has 80 valence electrons. The van der Waals surface area contributed by atoms with Crippen molar-refractivity contribution >= 4 is 22.0 Å². The fraction of sp³-hybridized carbons (Fsp3) is 0.300. The van der Waals surface area contributed by atoms with Crippen molar-refractivity contribution in [3.8, 4) is 11.5 Å². The van der Waals surface area contributed by atoms with E-state index in [9.17, 15) is 9.90 Å². The summed E-state index contributed by atoms with van der Waals surface area (Å²) in [5.41, 5.74) is 1.32. The van der Waals surface area contributed by atoms with Gasteiger partial charge in [0.05, 0.1) is 13.7 Å². The van der Waals surface area contributed by atoms with Gasteiger partial charge in [-0.2, -0.15) is 0 Å². The summed E-state index contributed by atoms with van der Waals surface area (Å²) < 4.78 is 5.86. The van der Waals surface area contributed by atoms with Gasteiger partial charge < -0.3 is 9.84 Å². The third-order valence-corrected chi connectivity index (χ3v) is 2.86. The smallest absolute Gasteiger partial charge is 0.235 e. The third-order valence-electron chi connectivity index (χ3n) is 2.04. The zero-order chi connectivity index (χ0) is 11.4. The highest BCUT2D eigenvalue weighted by molar-refractivity contribution is 9.10. The number of nitrogens with zero attached hydrogens (tertiary/aromatic N) is 1. The van der Waals surface area contributed by atoms with Crippen LogP contribution in [-0.2, 0) is 11.3 Å². The Bertz CT molecular complexity index is 425. The summed E-state index contributed by atoms with van der Waals surface area (Å²) in [6.07, 6.45) is 1.42. The highest BCUT2D eigenvalue weighted by Gasteiger charge is 2.13. The highest BCUT2D eigenvalue weighted by atomic mass is 79.9. The minimum atomic E-state index is 0.0113. The number of rotatable bonds is 3. The molecular weight excluding hydrogens is 262 g/mol. The Morgan fingerprint density at radius 2 is 2.33 bits per heavy atom. The molecule has 1 aromatic carbocycles. The van der Waals surface area contributed by atoms with Gasteiger partial charge in [0.25, 0.3) is 0 Å². The number of methoxy groups -OCH3 is 1. The first kappa shape index (κ1) is 11.8. The van der Waals surface area contributed by atoms with E-state index in [4.69, 9.17) is 4.74 Å². The van der Waals surface area contributed by atoms with Crippen molar-refractivity contribution in [3.63, 3.8) is 0 Å². The van der Waals surface area contributed by atoms with Crippen molar-refractivity contribution in [1.82, 2.24) is 0 Å². The van der Waals surface area contributed by atoms with Crippen molar-refractivity contribution in [3.05, 3.63) is 21.7 Å². The number of ether oxygens (including phenoxy) is 1. The summed E-state index contributed by atoms with van der Waals surface area (Å²) >= 11 is 3.33.